The summed E-state index contributed by atoms with van der Waals surface area (Å²) in [5, 5.41) is 0. The van der Waals surface area contributed by atoms with Crippen LogP contribution in [0.3, 0.4) is 0 Å². The van der Waals surface area contributed by atoms with E-state index in [1.807, 2.05) is 13.8 Å². The first-order valence-corrected chi connectivity index (χ1v) is 6.47. The molecular weight excluding hydrogens is 244 g/mol. The Balaban J connectivity index is 2.45. The summed E-state index contributed by atoms with van der Waals surface area (Å²) in [5.74, 6) is 0.431. The third-order valence-electron chi connectivity index (χ3n) is 3.25. The lowest BCUT2D eigenvalue weighted by Gasteiger charge is -2.33. The van der Waals surface area contributed by atoms with E-state index in [0.717, 1.165) is 0 Å². The Bertz CT molecular complexity index is 513. The van der Waals surface area contributed by atoms with Crippen molar-refractivity contribution in [2.24, 2.45) is 5.73 Å². The smallest absolute Gasteiger partial charge is 0.268 e. The van der Waals surface area contributed by atoms with Gasteiger partial charge in [0, 0.05) is 12.1 Å². The summed E-state index contributed by atoms with van der Waals surface area (Å²) in [5.41, 5.74) is 6.51. The fraction of sp³-hybridized carbons (Fsp3) is 0.429. The Morgan fingerprint density at radius 3 is 2.74 bits per heavy atom. The van der Waals surface area contributed by atoms with Crippen LogP contribution < -0.4 is 15.4 Å². The monoisotopic (exact) mass is 262 g/mol. The highest BCUT2D eigenvalue weighted by molar-refractivity contribution is 6.03. The number of amides is 1. The van der Waals surface area contributed by atoms with Crippen LogP contribution in [-0.2, 0) is 4.79 Å². The van der Waals surface area contributed by atoms with Gasteiger partial charge >= 0.3 is 0 Å². The van der Waals surface area contributed by atoms with E-state index in [1.165, 1.54) is 0 Å². The highest BCUT2D eigenvalue weighted by atomic mass is 16.5. The molecule has 1 atom stereocenters. The van der Waals surface area contributed by atoms with Crippen LogP contribution >= 0.6 is 0 Å². The zero-order valence-electron chi connectivity index (χ0n) is 11.2. The van der Waals surface area contributed by atoms with Crippen LogP contribution in [0.2, 0.25) is 0 Å². The van der Waals surface area contributed by atoms with Gasteiger partial charge in [-0.05, 0) is 31.5 Å². The topological polar surface area (TPSA) is 72.6 Å². The molecule has 5 nitrogen and oxygen atoms in total. The number of Topliss-reactive ketones (excluding diaryl/α,β-unsaturated/α-hetero) is 1. The van der Waals surface area contributed by atoms with E-state index in [-0.39, 0.29) is 18.2 Å². The van der Waals surface area contributed by atoms with E-state index >= 15 is 0 Å². The molecule has 1 heterocycles. The Labute approximate surface area is 112 Å². The summed E-state index contributed by atoms with van der Waals surface area (Å²) in [6.45, 7) is 4.31. The number of benzene rings is 1. The number of carbonyl (C=O) groups excluding carboxylic acids is 2. The Morgan fingerprint density at radius 2 is 2.16 bits per heavy atom. The van der Waals surface area contributed by atoms with Crippen LogP contribution in [0.5, 0.6) is 5.75 Å². The molecule has 102 valence electrons. The van der Waals surface area contributed by atoms with Crippen molar-refractivity contribution in [3.8, 4) is 5.75 Å². The van der Waals surface area contributed by atoms with E-state index < -0.39 is 6.10 Å². The first-order chi connectivity index (χ1) is 9.12. The Kier molecular flexibility index (Phi) is 3.85. The van der Waals surface area contributed by atoms with Gasteiger partial charge in [-0.25, -0.2) is 0 Å². The van der Waals surface area contributed by atoms with Gasteiger partial charge in [-0.3, -0.25) is 9.59 Å². The predicted octanol–water partition coefficient (Wildman–Crippen LogP) is 1.35. The molecule has 1 aliphatic rings. The number of hydrogen-bond donors (Lipinski definition) is 1. The molecule has 0 aromatic heterocycles. The minimum Gasteiger partial charge on any atom is -0.478 e. The number of nitrogens with two attached hydrogens (primary N) is 1. The van der Waals surface area contributed by atoms with Gasteiger partial charge in [0.25, 0.3) is 5.91 Å². The fourth-order valence-electron chi connectivity index (χ4n) is 2.20. The van der Waals surface area contributed by atoms with Gasteiger partial charge in [0.15, 0.2) is 11.9 Å². The molecule has 0 fully saturated rings. The second-order valence-corrected chi connectivity index (χ2v) is 4.41. The third-order valence-corrected chi connectivity index (χ3v) is 3.25. The minimum absolute atomic E-state index is 0.0443. The number of carbonyl (C=O) groups is 2. The number of hydrogen-bond acceptors (Lipinski definition) is 4. The first kappa shape index (κ1) is 13.5. The Morgan fingerprint density at radius 1 is 1.42 bits per heavy atom. The van der Waals surface area contributed by atoms with Gasteiger partial charge in [0.1, 0.15) is 5.75 Å². The zero-order chi connectivity index (χ0) is 14.0. The molecule has 1 aromatic rings. The predicted molar refractivity (Wildman–Crippen MR) is 72.6 cm³/mol. The number of anilines is 1. The largest absolute Gasteiger partial charge is 0.478 e. The summed E-state index contributed by atoms with van der Waals surface area (Å²) in [7, 11) is 0. The van der Waals surface area contributed by atoms with Crippen LogP contribution in [0.4, 0.5) is 5.69 Å². The molecule has 0 radical (unpaired) electrons. The second kappa shape index (κ2) is 5.40. The summed E-state index contributed by atoms with van der Waals surface area (Å²) < 4.78 is 5.66. The van der Waals surface area contributed by atoms with Crippen LogP contribution in [0, 0.1) is 0 Å². The first-order valence-electron chi connectivity index (χ1n) is 6.47. The van der Waals surface area contributed by atoms with Gasteiger partial charge in [-0.15, -0.1) is 0 Å². The van der Waals surface area contributed by atoms with Crippen molar-refractivity contribution in [3.63, 3.8) is 0 Å². The third kappa shape index (κ3) is 2.33. The number of likely N-dealkylation sites (N-methyl/N-ethyl adjacent to an activating group) is 1. The van der Waals surface area contributed by atoms with E-state index in [1.54, 1.807) is 23.1 Å². The normalized spacial score (nSPS) is 17.9. The van der Waals surface area contributed by atoms with E-state index in [2.05, 4.69) is 0 Å². The lowest BCUT2D eigenvalue weighted by Crippen LogP contribution is -2.45. The molecule has 1 aliphatic heterocycles. The highest BCUT2D eigenvalue weighted by Crippen LogP contribution is 2.35. The maximum absolute atomic E-state index is 12.2. The van der Waals surface area contributed by atoms with Crippen molar-refractivity contribution in [2.75, 3.05) is 18.0 Å². The summed E-state index contributed by atoms with van der Waals surface area (Å²) in [6.07, 6.45) is 0.182. The SMILES string of the molecule is CCC1Oc2ccc(C(=O)CN)cc2N(CC)C1=O. The molecule has 0 bridgehead atoms. The Hall–Kier alpha value is -1.88. The molecule has 5 heteroatoms. The van der Waals surface area contributed by atoms with Crippen molar-refractivity contribution >= 4 is 17.4 Å². The standard InChI is InChI=1S/C14H18N2O3/c1-3-12-14(18)16(4-2)10-7-9(11(17)8-15)5-6-13(10)19-12/h5-7,12H,3-4,8,15H2,1-2H3. The maximum Gasteiger partial charge on any atom is 0.268 e. The highest BCUT2D eigenvalue weighted by Gasteiger charge is 2.32. The van der Waals surface area contributed by atoms with E-state index in [4.69, 9.17) is 10.5 Å². The molecular formula is C14H18N2O3. The van der Waals surface area contributed by atoms with Crippen molar-refractivity contribution in [1.82, 2.24) is 0 Å². The lowest BCUT2D eigenvalue weighted by molar-refractivity contribution is -0.126. The molecule has 1 unspecified atom stereocenters. The summed E-state index contributed by atoms with van der Waals surface area (Å²) >= 11 is 0. The van der Waals surface area contributed by atoms with Crippen molar-refractivity contribution in [3.05, 3.63) is 23.8 Å². The molecule has 1 amide bonds. The second-order valence-electron chi connectivity index (χ2n) is 4.41. The van der Waals surface area contributed by atoms with Crippen LogP contribution in [0.15, 0.2) is 18.2 Å². The summed E-state index contributed by atoms with van der Waals surface area (Å²) in [4.78, 5) is 25.5. The van der Waals surface area contributed by atoms with Crippen LogP contribution in [0.25, 0.3) is 0 Å². The molecule has 0 saturated carbocycles. The van der Waals surface area contributed by atoms with E-state index in [0.29, 0.717) is 30.0 Å². The average Bonchev–Trinajstić information content (AvgIpc) is 2.45. The number of fused-ring (bicyclic) bond motifs is 1. The number of nitrogens with zero attached hydrogens (tertiary/aromatic N) is 1. The molecule has 2 rings (SSSR count). The van der Waals surface area contributed by atoms with Gasteiger partial charge < -0.3 is 15.4 Å². The van der Waals surface area contributed by atoms with Crippen LogP contribution in [0.1, 0.15) is 30.6 Å². The van der Waals surface area contributed by atoms with E-state index in [9.17, 15) is 9.59 Å². The molecule has 19 heavy (non-hydrogen) atoms. The molecule has 1 aromatic carbocycles. The van der Waals surface area contributed by atoms with Crippen molar-refractivity contribution in [2.45, 2.75) is 26.4 Å². The minimum atomic E-state index is -0.441. The van der Waals surface area contributed by atoms with Gasteiger partial charge in [0.05, 0.1) is 12.2 Å². The lowest BCUT2D eigenvalue weighted by atomic mass is 10.1. The number of ether oxygens (including phenoxy) is 1. The molecule has 0 saturated heterocycles. The van der Waals surface area contributed by atoms with Gasteiger partial charge in [0.2, 0.25) is 0 Å². The average molecular weight is 262 g/mol. The van der Waals surface area contributed by atoms with Crippen LogP contribution in [-0.4, -0.2) is 30.9 Å². The van der Waals surface area contributed by atoms with Crippen molar-refractivity contribution in [1.29, 1.82) is 0 Å². The maximum atomic E-state index is 12.2. The van der Waals surface area contributed by atoms with Gasteiger partial charge in [-0.2, -0.15) is 0 Å². The zero-order valence-corrected chi connectivity index (χ0v) is 11.2. The number of rotatable bonds is 4. The van der Waals surface area contributed by atoms with Gasteiger partial charge in [-0.1, -0.05) is 6.92 Å². The van der Waals surface area contributed by atoms with Crippen molar-refractivity contribution < 1.29 is 14.3 Å². The fourth-order valence-corrected chi connectivity index (χ4v) is 2.20. The quantitative estimate of drug-likeness (QED) is 0.831. The summed E-state index contributed by atoms with van der Waals surface area (Å²) in [6, 6.07) is 5.10. The molecule has 0 aliphatic carbocycles. The molecule has 2 N–H and O–H groups in total. The number of ketones is 1. The molecule has 0 spiro atoms.